The average Bonchev–Trinajstić information content (AvgIpc) is 3.84. The lowest BCUT2D eigenvalue weighted by Gasteiger charge is -2.43. The molecule has 0 radical (unpaired) electrons. The molecule has 1 aromatic heterocycles. The van der Waals surface area contributed by atoms with Crippen molar-refractivity contribution in [3.05, 3.63) is 52.1 Å². The molecule has 1 atom stereocenters. The van der Waals surface area contributed by atoms with E-state index in [1.165, 1.54) is 47.9 Å². The molecule has 2 aromatic rings. The van der Waals surface area contributed by atoms with Crippen LogP contribution < -0.4 is 22.5 Å². The predicted octanol–water partition coefficient (Wildman–Crippen LogP) is 2.49. The van der Waals surface area contributed by atoms with Crippen molar-refractivity contribution in [1.29, 1.82) is 0 Å². The molecule has 2 heterocycles. The Morgan fingerprint density at radius 1 is 0.955 bits per heavy atom. The van der Waals surface area contributed by atoms with Crippen molar-refractivity contribution in [2.75, 3.05) is 38.0 Å². The van der Waals surface area contributed by atoms with Crippen molar-refractivity contribution < 1.29 is 9.59 Å². The van der Waals surface area contributed by atoms with Gasteiger partial charge in [0.25, 0.3) is 0 Å². The Bertz CT molecular complexity index is 1410. The molecule has 6 rings (SSSR count). The quantitative estimate of drug-likeness (QED) is 0.441. The lowest BCUT2D eigenvalue weighted by atomic mass is 9.84. The molecule has 11 nitrogen and oxygen atoms in total. The molecule has 0 spiro atoms. The Morgan fingerprint density at radius 2 is 1.66 bits per heavy atom. The van der Waals surface area contributed by atoms with E-state index in [4.69, 9.17) is 11.5 Å². The number of amides is 3. The van der Waals surface area contributed by atoms with Gasteiger partial charge in [-0.2, -0.15) is 4.98 Å². The summed E-state index contributed by atoms with van der Waals surface area (Å²) in [6, 6.07) is 9.21. The molecular formula is C33H48N8O3. The second-order valence-corrected chi connectivity index (χ2v) is 14.0. The Hall–Kier alpha value is -3.28. The SMILES string of the molecule is CC(C)(N)C(=O)N1CCN(C(=O)Nc2ccn(-c3ccc4c(c3)CCC(N(CC3CC3)[C@H]3CC[C@H](N)CC3)C4)c(=O)n2)CC1. The van der Waals surface area contributed by atoms with Gasteiger partial charge in [-0.05, 0) is 107 Å². The highest BCUT2D eigenvalue weighted by Gasteiger charge is 2.36. The molecule has 238 valence electrons. The van der Waals surface area contributed by atoms with Crippen molar-refractivity contribution in [2.45, 2.75) is 95.3 Å². The summed E-state index contributed by atoms with van der Waals surface area (Å²) in [7, 11) is 0. The summed E-state index contributed by atoms with van der Waals surface area (Å²) in [6.07, 6.45) is 12.3. The molecule has 2 saturated carbocycles. The van der Waals surface area contributed by atoms with Crippen molar-refractivity contribution >= 4 is 17.8 Å². The molecule has 1 aliphatic heterocycles. The van der Waals surface area contributed by atoms with Crippen LogP contribution in [0.5, 0.6) is 0 Å². The molecule has 1 aromatic carbocycles. The zero-order valence-electron chi connectivity index (χ0n) is 26.2. The minimum atomic E-state index is -0.945. The van der Waals surface area contributed by atoms with E-state index in [2.05, 4.69) is 27.3 Å². The maximum absolute atomic E-state index is 13.0. The van der Waals surface area contributed by atoms with E-state index in [9.17, 15) is 14.4 Å². The molecule has 0 bridgehead atoms. The number of piperazine rings is 1. The summed E-state index contributed by atoms with van der Waals surface area (Å²) in [5.41, 5.74) is 14.2. The Labute approximate surface area is 260 Å². The van der Waals surface area contributed by atoms with E-state index in [1.54, 1.807) is 35.9 Å². The van der Waals surface area contributed by atoms with Gasteiger partial charge < -0.3 is 21.3 Å². The lowest BCUT2D eigenvalue weighted by molar-refractivity contribution is -0.137. The van der Waals surface area contributed by atoms with Crippen LogP contribution in [0.2, 0.25) is 0 Å². The van der Waals surface area contributed by atoms with Gasteiger partial charge >= 0.3 is 11.7 Å². The number of aryl methyl sites for hydroxylation is 1. The molecule has 3 amide bonds. The van der Waals surface area contributed by atoms with Gasteiger partial charge in [-0.1, -0.05) is 6.07 Å². The molecule has 1 unspecified atom stereocenters. The van der Waals surface area contributed by atoms with Crippen LogP contribution in [0.25, 0.3) is 5.69 Å². The van der Waals surface area contributed by atoms with Gasteiger partial charge in [-0.15, -0.1) is 0 Å². The van der Waals surface area contributed by atoms with Gasteiger partial charge in [0.05, 0.1) is 11.2 Å². The van der Waals surface area contributed by atoms with E-state index in [0.29, 0.717) is 44.3 Å². The number of carbonyl (C=O) groups is 2. The highest BCUT2D eigenvalue weighted by Crippen LogP contribution is 2.36. The van der Waals surface area contributed by atoms with Crippen LogP contribution in [0.15, 0.2) is 35.3 Å². The maximum atomic E-state index is 13.0. The molecule has 4 aliphatic rings. The highest BCUT2D eigenvalue weighted by atomic mass is 16.2. The fourth-order valence-corrected chi connectivity index (χ4v) is 7.16. The number of nitrogens with two attached hydrogens (primary N) is 2. The number of carbonyl (C=O) groups excluding carboxylic acids is 2. The number of hydrogen-bond acceptors (Lipinski definition) is 7. The van der Waals surface area contributed by atoms with Crippen LogP contribution in [-0.4, -0.2) is 92.6 Å². The summed E-state index contributed by atoms with van der Waals surface area (Å²) in [5, 5.41) is 2.74. The van der Waals surface area contributed by atoms with E-state index in [1.807, 2.05) is 6.07 Å². The highest BCUT2D eigenvalue weighted by molar-refractivity contribution is 5.89. The van der Waals surface area contributed by atoms with E-state index >= 15 is 0 Å². The zero-order valence-corrected chi connectivity index (χ0v) is 26.2. The van der Waals surface area contributed by atoms with E-state index in [0.717, 1.165) is 43.7 Å². The monoisotopic (exact) mass is 604 g/mol. The van der Waals surface area contributed by atoms with Gasteiger partial charge in [0, 0.05) is 57.0 Å². The molecule has 3 fully saturated rings. The van der Waals surface area contributed by atoms with Crippen LogP contribution in [0, 0.1) is 5.92 Å². The summed E-state index contributed by atoms with van der Waals surface area (Å²) < 4.78 is 1.53. The van der Waals surface area contributed by atoms with Gasteiger partial charge in [0.15, 0.2) is 0 Å². The predicted molar refractivity (Wildman–Crippen MR) is 171 cm³/mol. The largest absolute Gasteiger partial charge is 0.354 e. The topological polar surface area (TPSA) is 143 Å². The first-order valence-electron chi connectivity index (χ1n) is 16.4. The first kappa shape index (κ1) is 30.7. The average molecular weight is 605 g/mol. The minimum Gasteiger partial charge on any atom is -0.338 e. The molecule has 5 N–H and O–H groups in total. The number of urea groups is 1. The number of nitrogens with zero attached hydrogens (tertiary/aromatic N) is 5. The van der Waals surface area contributed by atoms with Gasteiger partial charge in [-0.3, -0.25) is 19.6 Å². The van der Waals surface area contributed by atoms with Crippen LogP contribution in [0.1, 0.15) is 69.9 Å². The van der Waals surface area contributed by atoms with Crippen molar-refractivity contribution in [1.82, 2.24) is 24.3 Å². The number of anilines is 1. The molecule has 3 aliphatic carbocycles. The van der Waals surface area contributed by atoms with Crippen LogP contribution in [-0.2, 0) is 17.6 Å². The number of nitrogens with one attached hydrogen (secondary N) is 1. The van der Waals surface area contributed by atoms with Crippen molar-refractivity contribution in [2.24, 2.45) is 17.4 Å². The van der Waals surface area contributed by atoms with Crippen LogP contribution in [0.3, 0.4) is 0 Å². The lowest BCUT2D eigenvalue weighted by Crippen LogP contribution is -2.58. The van der Waals surface area contributed by atoms with Crippen LogP contribution in [0.4, 0.5) is 10.6 Å². The zero-order chi connectivity index (χ0) is 31.0. The Balaban J connectivity index is 1.07. The summed E-state index contributed by atoms with van der Waals surface area (Å²) in [5.74, 6) is 0.940. The third-order valence-electron chi connectivity index (χ3n) is 9.96. The first-order valence-corrected chi connectivity index (χ1v) is 16.4. The summed E-state index contributed by atoms with van der Waals surface area (Å²) in [4.78, 5) is 48.6. The second-order valence-electron chi connectivity index (χ2n) is 14.0. The Kier molecular flexibility index (Phi) is 8.81. The third-order valence-corrected chi connectivity index (χ3v) is 9.96. The van der Waals surface area contributed by atoms with Gasteiger partial charge in [-0.25, -0.2) is 9.59 Å². The number of rotatable bonds is 7. The third kappa shape index (κ3) is 7.00. The van der Waals surface area contributed by atoms with Gasteiger partial charge in [0.2, 0.25) is 5.91 Å². The van der Waals surface area contributed by atoms with Gasteiger partial charge in [0.1, 0.15) is 5.82 Å². The first-order chi connectivity index (χ1) is 21.0. The molecular weight excluding hydrogens is 556 g/mol. The second kappa shape index (κ2) is 12.6. The van der Waals surface area contributed by atoms with Crippen molar-refractivity contribution in [3.63, 3.8) is 0 Å². The standard InChI is InChI=1S/C33H48N8O3/c1-33(2,35)30(42)38-15-17-39(18-16-38)31(43)36-29-13-14-40(32(44)37-29)27-9-5-24-20-28(10-6-23(24)19-27)41(21-22-3-4-22)26-11-7-25(34)8-12-26/h5,9,13-14,19,22,25-26,28H,3-4,6-8,10-12,15-18,20-21,34-35H2,1-2H3,(H,36,37,43,44)/t25-,26-,28?. The normalized spacial score (nSPS) is 24.2. The maximum Gasteiger partial charge on any atom is 0.354 e. The number of hydrogen-bond donors (Lipinski definition) is 3. The van der Waals surface area contributed by atoms with Crippen LogP contribution >= 0.6 is 0 Å². The molecule has 44 heavy (non-hydrogen) atoms. The minimum absolute atomic E-state index is 0.134. The Morgan fingerprint density at radius 3 is 2.32 bits per heavy atom. The number of aromatic nitrogens is 2. The van der Waals surface area contributed by atoms with E-state index in [-0.39, 0.29) is 17.8 Å². The molecule has 1 saturated heterocycles. The number of benzene rings is 1. The van der Waals surface area contributed by atoms with Crippen molar-refractivity contribution in [3.8, 4) is 5.69 Å². The number of fused-ring (bicyclic) bond motifs is 1. The summed E-state index contributed by atoms with van der Waals surface area (Å²) in [6.45, 7) is 6.18. The fraction of sp³-hybridized carbons (Fsp3) is 0.636. The van der Waals surface area contributed by atoms with E-state index < -0.39 is 11.2 Å². The fourth-order valence-electron chi connectivity index (χ4n) is 7.16. The molecule has 11 heteroatoms. The summed E-state index contributed by atoms with van der Waals surface area (Å²) >= 11 is 0. The smallest absolute Gasteiger partial charge is 0.338 e.